The van der Waals surface area contributed by atoms with Crippen LogP contribution in [0, 0.1) is 0 Å². The van der Waals surface area contributed by atoms with E-state index in [1.165, 1.54) is 5.56 Å². The summed E-state index contributed by atoms with van der Waals surface area (Å²) in [5, 5.41) is 0. The molecule has 1 rings (SSSR count). The monoisotopic (exact) mass is 235 g/mol. The van der Waals surface area contributed by atoms with Crippen LogP contribution in [0.2, 0.25) is 0 Å². The molecule has 0 bridgehead atoms. The zero-order valence-corrected chi connectivity index (χ0v) is 12.2. The van der Waals surface area contributed by atoms with Gasteiger partial charge in [-0.25, -0.2) is 0 Å². The third-order valence-corrected chi connectivity index (χ3v) is 2.74. The minimum atomic E-state index is 0.0578. The maximum absolute atomic E-state index is 5.76. The van der Waals surface area contributed by atoms with Gasteiger partial charge in [0.2, 0.25) is 0 Å². The fraction of sp³-hybridized carbons (Fsp3) is 0.667. The molecule has 17 heavy (non-hydrogen) atoms. The van der Waals surface area contributed by atoms with E-state index in [1.54, 1.807) is 0 Å². The molecular formula is C15H25NO. The summed E-state index contributed by atoms with van der Waals surface area (Å²) in [6, 6.07) is 2.09. The van der Waals surface area contributed by atoms with Crippen LogP contribution in [-0.2, 0) is 10.8 Å². The van der Waals surface area contributed by atoms with Crippen LogP contribution in [0.1, 0.15) is 59.7 Å². The molecule has 0 aliphatic rings. The van der Waals surface area contributed by atoms with E-state index in [4.69, 9.17) is 4.74 Å². The number of rotatable bonds is 2. The Kier molecular flexibility index (Phi) is 3.85. The second-order valence-electron chi connectivity index (χ2n) is 6.50. The highest BCUT2D eigenvalue weighted by Crippen LogP contribution is 2.33. The molecule has 0 spiro atoms. The average Bonchev–Trinajstić information content (AvgIpc) is 2.15. The number of hydrogen-bond donors (Lipinski definition) is 0. The lowest BCUT2D eigenvalue weighted by Gasteiger charge is -2.25. The predicted molar refractivity (Wildman–Crippen MR) is 72.8 cm³/mol. The van der Waals surface area contributed by atoms with Gasteiger partial charge < -0.3 is 4.74 Å². The topological polar surface area (TPSA) is 22.1 Å². The highest BCUT2D eigenvalue weighted by atomic mass is 16.5. The lowest BCUT2D eigenvalue weighted by atomic mass is 9.85. The third kappa shape index (κ3) is 3.45. The predicted octanol–water partition coefficient (Wildman–Crippen LogP) is 4.08. The number of ether oxygens (including phenoxy) is 1. The number of pyridine rings is 1. The van der Waals surface area contributed by atoms with Gasteiger partial charge in [0.25, 0.3) is 0 Å². The molecule has 96 valence electrons. The van der Waals surface area contributed by atoms with Crippen LogP contribution in [0.5, 0.6) is 5.75 Å². The molecule has 0 aliphatic carbocycles. The van der Waals surface area contributed by atoms with Gasteiger partial charge in [-0.3, -0.25) is 4.98 Å². The van der Waals surface area contributed by atoms with Crippen molar-refractivity contribution in [3.05, 3.63) is 23.5 Å². The Morgan fingerprint density at radius 2 is 1.65 bits per heavy atom. The lowest BCUT2D eigenvalue weighted by molar-refractivity contribution is 0.327. The molecule has 1 heterocycles. The van der Waals surface area contributed by atoms with Gasteiger partial charge in [0.1, 0.15) is 5.75 Å². The molecule has 1 aromatic heterocycles. The minimum Gasteiger partial charge on any atom is -0.493 e. The summed E-state index contributed by atoms with van der Waals surface area (Å²) in [5.41, 5.74) is 2.37. The van der Waals surface area contributed by atoms with Gasteiger partial charge in [0.15, 0.2) is 0 Å². The summed E-state index contributed by atoms with van der Waals surface area (Å²) in [6.07, 6.45) is 1.96. The Morgan fingerprint density at radius 1 is 1.06 bits per heavy atom. The van der Waals surface area contributed by atoms with Crippen molar-refractivity contribution in [1.82, 2.24) is 4.98 Å². The summed E-state index contributed by atoms with van der Waals surface area (Å²) in [4.78, 5) is 4.58. The van der Waals surface area contributed by atoms with Gasteiger partial charge in [-0.2, -0.15) is 0 Å². The summed E-state index contributed by atoms with van der Waals surface area (Å²) in [5.74, 6) is 0.972. The van der Waals surface area contributed by atoms with E-state index in [-0.39, 0.29) is 10.8 Å². The second kappa shape index (κ2) is 4.67. The molecule has 1 aromatic rings. The van der Waals surface area contributed by atoms with Crippen molar-refractivity contribution < 1.29 is 4.74 Å². The maximum Gasteiger partial charge on any atom is 0.126 e. The van der Waals surface area contributed by atoms with Crippen LogP contribution < -0.4 is 4.74 Å². The highest BCUT2D eigenvalue weighted by molar-refractivity contribution is 5.39. The fourth-order valence-corrected chi connectivity index (χ4v) is 1.69. The normalized spacial score (nSPS) is 12.6. The number of nitrogens with zero attached hydrogens (tertiary/aromatic N) is 1. The standard InChI is InChI=1S/C15H25NO/c1-8-17-12-9-13(15(5,6)7)16-10-11(12)14(2,3)4/h9-10H,8H2,1-7H3. The Balaban J connectivity index is 3.27. The van der Waals surface area contributed by atoms with Crippen molar-refractivity contribution >= 4 is 0 Å². The maximum atomic E-state index is 5.76. The minimum absolute atomic E-state index is 0.0578. The molecular weight excluding hydrogens is 210 g/mol. The van der Waals surface area contributed by atoms with Crippen LogP contribution in [0.25, 0.3) is 0 Å². The van der Waals surface area contributed by atoms with E-state index < -0.39 is 0 Å². The fourth-order valence-electron chi connectivity index (χ4n) is 1.69. The first-order valence-corrected chi connectivity index (χ1v) is 6.30. The molecule has 0 fully saturated rings. The van der Waals surface area contributed by atoms with Crippen molar-refractivity contribution in [2.45, 2.75) is 59.3 Å². The summed E-state index contributed by atoms with van der Waals surface area (Å²) < 4.78 is 5.76. The third-order valence-electron chi connectivity index (χ3n) is 2.74. The average molecular weight is 235 g/mol. The van der Waals surface area contributed by atoms with Crippen molar-refractivity contribution in [2.75, 3.05) is 6.61 Å². The Morgan fingerprint density at radius 3 is 2.06 bits per heavy atom. The van der Waals surface area contributed by atoms with E-state index in [9.17, 15) is 0 Å². The van der Waals surface area contributed by atoms with E-state index in [2.05, 4.69) is 52.6 Å². The van der Waals surface area contributed by atoms with Crippen LogP contribution in [0.15, 0.2) is 12.3 Å². The van der Waals surface area contributed by atoms with E-state index in [0.717, 1.165) is 11.4 Å². The molecule has 0 atom stereocenters. The summed E-state index contributed by atoms with van der Waals surface area (Å²) >= 11 is 0. The van der Waals surface area contributed by atoms with Gasteiger partial charge >= 0.3 is 0 Å². The van der Waals surface area contributed by atoms with Crippen LogP contribution >= 0.6 is 0 Å². The molecule has 2 heteroatoms. The molecule has 0 N–H and O–H groups in total. The van der Waals surface area contributed by atoms with Crippen LogP contribution in [0.4, 0.5) is 0 Å². The highest BCUT2D eigenvalue weighted by Gasteiger charge is 2.23. The Bertz CT molecular complexity index is 383. The zero-order valence-electron chi connectivity index (χ0n) is 12.2. The van der Waals surface area contributed by atoms with E-state index in [0.29, 0.717) is 6.61 Å². The molecule has 0 aliphatic heterocycles. The number of hydrogen-bond acceptors (Lipinski definition) is 2. The van der Waals surface area contributed by atoms with Crippen molar-refractivity contribution in [3.8, 4) is 5.75 Å². The van der Waals surface area contributed by atoms with Crippen LogP contribution in [-0.4, -0.2) is 11.6 Å². The van der Waals surface area contributed by atoms with Gasteiger partial charge in [-0.05, 0) is 12.3 Å². The van der Waals surface area contributed by atoms with Crippen molar-refractivity contribution in [3.63, 3.8) is 0 Å². The lowest BCUT2D eigenvalue weighted by Crippen LogP contribution is -2.18. The summed E-state index contributed by atoms with van der Waals surface area (Å²) in [7, 11) is 0. The van der Waals surface area contributed by atoms with E-state index in [1.807, 2.05) is 13.1 Å². The van der Waals surface area contributed by atoms with Gasteiger partial charge in [-0.15, -0.1) is 0 Å². The first-order chi connectivity index (χ1) is 7.66. The molecule has 2 nitrogen and oxygen atoms in total. The molecule has 0 radical (unpaired) electrons. The van der Waals surface area contributed by atoms with E-state index >= 15 is 0 Å². The Hall–Kier alpha value is -1.05. The van der Waals surface area contributed by atoms with Gasteiger partial charge in [0, 0.05) is 28.9 Å². The van der Waals surface area contributed by atoms with Crippen LogP contribution in [0.3, 0.4) is 0 Å². The number of aromatic nitrogens is 1. The second-order valence-corrected chi connectivity index (χ2v) is 6.50. The molecule has 0 amide bonds. The van der Waals surface area contributed by atoms with Gasteiger partial charge in [-0.1, -0.05) is 41.5 Å². The molecule has 0 aromatic carbocycles. The molecule has 0 saturated carbocycles. The summed E-state index contributed by atoms with van der Waals surface area (Å²) in [6.45, 7) is 15.8. The first-order valence-electron chi connectivity index (χ1n) is 6.30. The largest absolute Gasteiger partial charge is 0.493 e. The smallest absolute Gasteiger partial charge is 0.126 e. The first kappa shape index (κ1) is 14.0. The quantitative estimate of drug-likeness (QED) is 0.770. The van der Waals surface area contributed by atoms with Crippen molar-refractivity contribution in [2.24, 2.45) is 0 Å². The molecule has 0 saturated heterocycles. The van der Waals surface area contributed by atoms with Gasteiger partial charge in [0.05, 0.1) is 6.61 Å². The Labute approximate surface area is 105 Å². The molecule has 0 unspecified atom stereocenters. The zero-order chi connectivity index (χ0) is 13.3. The SMILES string of the molecule is CCOc1cc(C(C)(C)C)ncc1C(C)(C)C. The van der Waals surface area contributed by atoms with Crippen molar-refractivity contribution in [1.29, 1.82) is 0 Å².